The highest BCUT2D eigenvalue weighted by Gasteiger charge is 2.27. The van der Waals surface area contributed by atoms with Gasteiger partial charge in [0, 0.05) is 28.8 Å². The molecule has 0 atom stereocenters. The minimum atomic E-state index is -0.657. The van der Waals surface area contributed by atoms with Gasteiger partial charge in [0.25, 0.3) is 5.91 Å². The first-order valence-corrected chi connectivity index (χ1v) is 9.33. The van der Waals surface area contributed by atoms with Gasteiger partial charge in [-0.3, -0.25) is 4.79 Å². The van der Waals surface area contributed by atoms with Crippen LogP contribution in [0.25, 0.3) is 22.8 Å². The van der Waals surface area contributed by atoms with Crippen molar-refractivity contribution in [1.29, 1.82) is 0 Å². The number of aromatic nitrogens is 5. The van der Waals surface area contributed by atoms with Gasteiger partial charge in [0.2, 0.25) is 5.65 Å². The molecular weight excluding hydrogens is 403 g/mol. The monoisotopic (exact) mass is 418 g/mol. The summed E-state index contributed by atoms with van der Waals surface area (Å²) in [6, 6.07) is 7.48. The summed E-state index contributed by atoms with van der Waals surface area (Å²) in [6.45, 7) is 3.44. The number of halogens is 1. The van der Waals surface area contributed by atoms with E-state index in [0.717, 1.165) is 4.85 Å². The fourth-order valence-electron chi connectivity index (χ4n) is 3.60. The number of rotatable bonds is 3. The molecular formula is C21H15FN6O3. The lowest BCUT2D eigenvalue weighted by atomic mass is 10.0. The molecule has 4 aromatic rings. The molecule has 0 aliphatic carbocycles. The summed E-state index contributed by atoms with van der Waals surface area (Å²) < 4.78 is 13.7. The normalized spacial score (nSPS) is 14.2. The number of hydrogen-bond donors (Lipinski definition) is 2. The predicted molar refractivity (Wildman–Crippen MR) is 109 cm³/mol. The Morgan fingerprint density at radius 3 is 2.94 bits per heavy atom. The fourth-order valence-corrected chi connectivity index (χ4v) is 3.60. The summed E-state index contributed by atoms with van der Waals surface area (Å²) in [5.74, 6) is -1.45. The Labute approximate surface area is 174 Å². The van der Waals surface area contributed by atoms with E-state index in [1.807, 2.05) is 0 Å². The maximum Gasteiger partial charge on any atom is 0.367 e. The van der Waals surface area contributed by atoms with Crippen molar-refractivity contribution in [3.63, 3.8) is 0 Å². The van der Waals surface area contributed by atoms with Crippen LogP contribution in [0, 0.1) is 19.7 Å². The summed E-state index contributed by atoms with van der Waals surface area (Å²) >= 11 is 0. The van der Waals surface area contributed by atoms with Crippen LogP contribution in [0.2, 0.25) is 0 Å². The van der Waals surface area contributed by atoms with Crippen molar-refractivity contribution in [3.05, 3.63) is 70.4 Å². The second kappa shape index (κ2) is 6.87. The van der Waals surface area contributed by atoms with Crippen molar-refractivity contribution in [2.45, 2.75) is 13.8 Å². The number of pyridine rings is 1. The quantitative estimate of drug-likeness (QED) is 0.391. The smallest absolute Gasteiger partial charge is 0.358 e. The molecule has 0 spiro atoms. The molecule has 1 aromatic carbocycles. The number of aromatic amines is 1. The topological polar surface area (TPSA) is 115 Å². The first kappa shape index (κ1) is 18.7. The SMILES string of the molecule is Cc1[nH]c(/C=C2\C(=O)Nc3ccc(F)cc32)c(C)c1C(=O)On1nnc2cccnc21. The van der Waals surface area contributed by atoms with Crippen LogP contribution in [0.1, 0.15) is 32.9 Å². The summed E-state index contributed by atoms with van der Waals surface area (Å²) in [4.78, 5) is 38.8. The Bertz CT molecular complexity index is 1420. The molecule has 0 fully saturated rings. The third kappa shape index (κ3) is 3.05. The molecule has 154 valence electrons. The average Bonchev–Trinajstić information content (AvgIpc) is 3.37. The number of H-pyrrole nitrogens is 1. The van der Waals surface area contributed by atoms with E-state index in [2.05, 4.69) is 25.6 Å². The van der Waals surface area contributed by atoms with E-state index in [-0.39, 0.29) is 5.91 Å². The van der Waals surface area contributed by atoms with Crippen LogP contribution in [0.15, 0.2) is 36.5 Å². The molecule has 4 heterocycles. The number of amides is 1. The van der Waals surface area contributed by atoms with Gasteiger partial charge in [-0.1, -0.05) is 0 Å². The Morgan fingerprint density at radius 2 is 2.10 bits per heavy atom. The molecule has 0 radical (unpaired) electrons. The third-order valence-electron chi connectivity index (χ3n) is 5.08. The highest BCUT2D eigenvalue weighted by molar-refractivity contribution is 6.34. The second-order valence-corrected chi connectivity index (χ2v) is 7.05. The molecule has 10 heteroatoms. The van der Waals surface area contributed by atoms with Gasteiger partial charge < -0.3 is 15.1 Å². The number of nitrogens with zero attached hydrogens (tertiary/aromatic N) is 4. The molecule has 9 nitrogen and oxygen atoms in total. The first-order chi connectivity index (χ1) is 14.9. The van der Waals surface area contributed by atoms with Crippen LogP contribution in [0.4, 0.5) is 10.1 Å². The summed E-state index contributed by atoms with van der Waals surface area (Å²) in [6.07, 6.45) is 3.13. The van der Waals surface area contributed by atoms with Crippen molar-refractivity contribution in [3.8, 4) is 0 Å². The van der Waals surface area contributed by atoms with Gasteiger partial charge in [-0.05, 0) is 65.9 Å². The number of fused-ring (bicyclic) bond motifs is 2. The van der Waals surface area contributed by atoms with Gasteiger partial charge in [-0.15, -0.1) is 5.10 Å². The molecule has 0 unspecified atom stereocenters. The van der Waals surface area contributed by atoms with E-state index in [4.69, 9.17) is 4.84 Å². The molecule has 5 rings (SSSR count). The standard InChI is InChI=1S/C21H15FN6O3/c1-10-17(9-14-13-8-12(22)5-6-15(13)25-20(14)29)24-11(2)18(10)21(30)31-28-19-16(26-27-28)4-3-7-23-19/h3-9,24H,1-2H3,(H,25,29)/b14-9-. The lowest BCUT2D eigenvalue weighted by Crippen LogP contribution is -2.22. The van der Waals surface area contributed by atoms with E-state index in [0.29, 0.717) is 50.5 Å². The number of carbonyl (C=O) groups excluding carboxylic acids is 2. The Morgan fingerprint density at radius 1 is 1.26 bits per heavy atom. The third-order valence-corrected chi connectivity index (χ3v) is 5.08. The number of nitrogens with one attached hydrogen (secondary N) is 2. The van der Waals surface area contributed by atoms with Crippen LogP contribution in [0.5, 0.6) is 0 Å². The first-order valence-electron chi connectivity index (χ1n) is 9.33. The summed E-state index contributed by atoms with van der Waals surface area (Å²) in [7, 11) is 0. The molecule has 1 aliphatic rings. The number of carbonyl (C=O) groups is 2. The van der Waals surface area contributed by atoms with Crippen LogP contribution in [-0.2, 0) is 4.79 Å². The van der Waals surface area contributed by atoms with Crippen LogP contribution in [-0.4, -0.2) is 37.0 Å². The Hall–Kier alpha value is -4.34. The predicted octanol–water partition coefficient (Wildman–Crippen LogP) is 2.67. The highest BCUT2D eigenvalue weighted by atomic mass is 19.1. The van der Waals surface area contributed by atoms with Crippen LogP contribution >= 0.6 is 0 Å². The number of benzene rings is 1. The average molecular weight is 418 g/mol. The summed E-state index contributed by atoms with van der Waals surface area (Å²) in [5.41, 5.74) is 4.04. The largest absolute Gasteiger partial charge is 0.367 e. The Balaban J connectivity index is 1.50. The number of anilines is 1. The van der Waals surface area contributed by atoms with Crippen molar-refractivity contribution in [2.24, 2.45) is 0 Å². The number of aryl methyl sites for hydroxylation is 1. The van der Waals surface area contributed by atoms with Gasteiger partial charge in [-0.2, -0.15) is 0 Å². The minimum Gasteiger partial charge on any atom is -0.358 e. The maximum absolute atomic E-state index is 13.7. The van der Waals surface area contributed by atoms with Gasteiger partial charge in [0.15, 0.2) is 0 Å². The zero-order valence-corrected chi connectivity index (χ0v) is 16.4. The number of hydrogen-bond acceptors (Lipinski definition) is 6. The van der Waals surface area contributed by atoms with E-state index in [1.54, 1.807) is 38.3 Å². The lowest BCUT2D eigenvalue weighted by molar-refractivity contribution is -0.110. The van der Waals surface area contributed by atoms with Gasteiger partial charge in [0.05, 0.1) is 11.1 Å². The van der Waals surface area contributed by atoms with Gasteiger partial charge >= 0.3 is 5.97 Å². The van der Waals surface area contributed by atoms with Crippen LogP contribution < -0.4 is 10.2 Å². The molecule has 31 heavy (non-hydrogen) atoms. The zero-order valence-electron chi connectivity index (χ0n) is 16.4. The minimum absolute atomic E-state index is 0.296. The van der Waals surface area contributed by atoms with Gasteiger partial charge in [-0.25, -0.2) is 14.2 Å². The molecule has 2 N–H and O–H groups in total. The molecule has 1 amide bonds. The van der Waals surface area contributed by atoms with E-state index >= 15 is 0 Å². The molecule has 0 saturated heterocycles. The molecule has 0 saturated carbocycles. The molecule has 0 bridgehead atoms. The van der Waals surface area contributed by atoms with Crippen LogP contribution in [0.3, 0.4) is 0 Å². The lowest BCUT2D eigenvalue weighted by Gasteiger charge is -2.03. The van der Waals surface area contributed by atoms with Crippen molar-refractivity contribution >= 4 is 40.4 Å². The second-order valence-electron chi connectivity index (χ2n) is 7.05. The maximum atomic E-state index is 13.7. The van der Waals surface area contributed by atoms with Crippen molar-refractivity contribution in [1.82, 2.24) is 25.1 Å². The van der Waals surface area contributed by atoms with Crippen molar-refractivity contribution < 1.29 is 18.8 Å². The zero-order chi connectivity index (χ0) is 21.7. The Kier molecular flexibility index (Phi) is 4.14. The van der Waals surface area contributed by atoms with E-state index in [1.165, 1.54) is 18.2 Å². The molecule has 1 aliphatic heterocycles. The van der Waals surface area contributed by atoms with E-state index in [9.17, 15) is 14.0 Å². The van der Waals surface area contributed by atoms with Crippen molar-refractivity contribution in [2.75, 3.05) is 5.32 Å². The van der Waals surface area contributed by atoms with E-state index < -0.39 is 11.8 Å². The summed E-state index contributed by atoms with van der Waals surface area (Å²) in [5, 5.41) is 10.4. The van der Waals surface area contributed by atoms with Gasteiger partial charge in [0.1, 0.15) is 11.3 Å². The molecule has 3 aromatic heterocycles. The highest BCUT2D eigenvalue weighted by Crippen LogP contribution is 2.34. The fraction of sp³-hybridized carbons (Fsp3) is 0.0952.